The van der Waals surface area contributed by atoms with Gasteiger partial charge in [0.1, 0.15) is 5.69 Å². The average molecular weight is 548 g/mol. The molecular weight excluding hydrogens is 513 g/mol. The smallest absolute Gasteiger partial charge is 0.323 e. The summed E-state index contributed by atoms with van der Waals surface area (Å²) in [5, 5.41) is 21.5. The summed E-state index contributed by atoms with van der Waals surface area (Å²) in [4.78, 5) is 31.1. The molecule has 4 N–H and O–H groups in total. The molecule has 0 radical (unpaired) electrons. The molecule has 2 amide bonds. The van der Waals surface area contributed by atoms with Gasteiger partial charge in [-0.25, -0.2) is 14.8 Å². The number of hydrogen-bond acceptors (Lipinski definition) is 6. The van der Waals surface area contributed by atoms with E-state index in [1.54, 1.807) is 18.3 Å². The van der Waals surface area contributed by atoms with Crippen molar-refractivity contribution < 1.29 is 24.2 Å². The maximum Gasteiger partial charge on any atom is 0.323 e. The van der Waals surface area contributed by atoms with Crippen molar-refractivity contribution in [3.05, 3.63) is 83.2 Å². The number of pyridine rings is 2. The van der Waals surface area contributed by atoms with E-state index in [0.717, 1.165) is 24.7 Å². The second-order valence-corrected chi connectivity index (χ2v) is 9.28. The molecule has 0 aliphatic carbocycles. The number of hydrogen-bond donors (Lipinski definition) is 4. The number of carboxylic acid groups (broad SMARTS) is 1. The summed E-state index contributed by atoms with van der Waals surface area (Å²) < 4.78 is 13.4. The first-order valence-corrected chi connectivity index (χ1v) is 13.2. The normalized spacial score (nSPS) is 13.3. The second kappa shape index (κ2) is 15.9. The van der Waals surface area contributed by atoms with Gasteiger partial charge in [0.15, 0.2) is 0 Å². The number of likely N-dealkylation sites (tertiary alicyclic amines) is 1. The number of amides is 2. The molecule has 40 heavy (non-hydrogen) atoms. The van der Waals surface area contributed by atoms with Crippen LogP contribution in [0.2, 0.25) is 0 Å². The van der Waals surface area contributed by atoms with Crippen molar-refractivity contribution in [1.29, 1.82) is 0 Å². The lowest BCUT2D eigenvalue weighted by atomic mass is 9.88. The van der Waals surface area contributed by atoms with Gasteiger partial charge in [0, 0.05) is 35.3 Å². The maximum absolute atomic E-state index is 13.4. The zero-order valence-electron chi connectivity index (χ0n) is 22.4. The van der Waals surface area contributed by atoms with Gasteiger partial charge >= 0.3 is 6.03 Å². The van der Waals surface area contributed by atoms with Crippen LogP contribution in [0.5, 0.6) is 0 Å². The van der Waals surface area contributed by atoms with E-state index >= 15 is 0 Å². The van der Waals surface area contributed by atoms with Crippen molar-refractivity contribution in [3.63, 3.8) is 0 Å². The number of aromatic nitrogens is 2. The summed E-state index contributed by atoms with van der Waals surface area (Å²) >= 11 is 0. The fraction of sp³-hybridized carbons (Fsp3) is 0.333. The molecule has 0 saturated carbocycles. The molecule has 0 atom stereocenters. The zero-order valence-corrected chi connectivity index (χ0v) is 22.4. The van der Waals surface area contributed by atoms with E-state index in [1.807, 2.05) is 6.07 Å². The molecule has 3 heterocycles. The number of carbonyl (C=O) groups excluding carboxylic acids is 1. The van der Waals surface area contributed by atoms with Gasteiger partial charge in [0.05, 0.1) is 12.3 Å². The molecule has 0 unspecified atom stereocenters. The third-order valence-electron chi connectivity index (χ3n) is 6.50. The maximum atomic E-state index is 13.4. The SMILES string of the molecule is CCCCN1CCC(c2cccc(C#Cc3cc(NC(=O)Nc4cc(F)ncc4CO)ccn3)c2)CC1.O=CO. The van der Waals surface area contributed by atoms with Crippen LogP contribution < -0.4 is 10.6 Å². The Bertz CT molecular complexity index is 1330. The Hall–Kier alpha value is -4.33. The highest BCUT2D eigenvalue weighted by atomic mass is 19.1. The number of nitrogens with one attached hydrogen (secondary N) is 2. The van der Waals surface area contributed by atoms with Crippen LogP contribution in [0.4, 0.5) is 20.6 Å². The molecule has 0 bridgehead atoms. The van der Waals surface area contributed by atoms with Crippen LogP contribution in [0.15, 0.2) is 54.9 Å². The summed E-state index contributed by atoms with van der Waals surface area (Å²) in [5.41, 5.74) is 3.71. The van der Waals surface area contributed by atoms with E-state index in [-0.39, 0.29) is 18.8 Å². The highest BCUT2D eigenvalue weighted by Crippen LogP contribution is 2.28. The Balaban J connectivity index is 0.00000141. The van der Waals surface area contributed by atoms with Crippen LogP contribution in [0.25, 0.3) is 0 Å². The van der Waals surface area contributed by atoms with Gasteiger partial charge < -0.3 is 25.7 Å². The first kappa shape index (κ1) is 30.2. The predicted octanol–water partition coefficient (Wildman–Crippen LogP) is 4.83. The van der Waals surface area contributed by atoms with Crippen molar-refractivity contribution in [3.8, 4) is 11.8 Å². The number of carbonyl (C=O) groups is 2. The van der Waals surface area contributed by atoms with Crippen molar-refractivity contribution in [1.82, 2.24) is 14.9 Å². The molecule has 1 aromatic carbocycles. The zero-order chi connectivity index (χ0) is 28.7. The van der Waals surface area contributed by atoms with Crippen LogP contribution in [0.3, 0.4) is 0 Å². The minimum atomic E-state index is -0.754. The van der Waals surface area contributed by atoms with Gasteiger partial charge in [0.2, 0.25) is 5.95 Å². The van der Waals surface area contributed by atoms with Crippen molar-refractivity contribution in [2.24, 2.45) is 0 Å². The molecule has 0 spiro atoms. The highest BCUT2D eigenvalue weighted by Gasteiger charge is 2.20. The molecule has 1 saturated heterocycles. The molecular formula is C30H34FN5O4. The molecule has 210 valence electrons. The van der Waals surface area contributed by atoms with Crippen molar-refractivity contribution >= 4 is 23.9 Å². The molecule has 10 heteroatoms. The summed E-state index contributed by atoms with van der Waals surface area (Å²) in [6.45, 7) is 5.10. The number of aliphatic hydroxyl groups excluding tert-OH is 1. The van der Waals surface area contributed by atoms with Crippen LogP contribution in [0.1, 0.15) is 60.9 Å². The Morgan fingerprint density at radius 3 is 2.65 bits per heavy atom. The molecule has 1 aliphatic heterocycles. The topological polar surface area (TPSA) is 128 Å². The van der Waals surface area contributed by atoms with Crippen LogP contribution in [0, 0.1) is 17.8 Å². The minimum absolute atomic E-state index is 0.146. The molecule has 4 rings (SSSR count). The average Bonchev–Trinajstić information content (AvgIpc) is 2.96. The quantitative estimate of drug-likeness (QED) is 0.189. The largest absolute Gasteiger partial charge is 0.483 e. The lowest BCUT2D eigenvalue weighted by molar-refractivity contribution is -0.122. The summed E-state index contributed by atoms with van der Waals surface area (Å²) in [5.74, 6) is 6.07. The minimum Gasteiger partial charge on any atom is -0.483 e. The van der Waals surface area contributed by atoms with E-state index in [9.17, 15) is 14.3 Å². The van der Waals surface area contributed by atoms with E-state index in [0.29, 0.717) is 22.9 Å². The predicted molar refractivity (Wildman–Crippen MR) is 151 cm³/mol. The van der Waals surface area contributed by atoms with Crippen LogP contribution in [-0.4, -0.2) is 57.2 Å². The lowest BCUT2D eigenvalue weighted by Crippen LogP contribution is -2.33. The second-order valence-electron chi connectivity index (χ2n) is 9.28. The fourth-order valence-electron chi connectivity index (χ4n) is 4.44. The molecule has 9 nitrogen and oxygen atoms in total. The summed E-state index contributed by atoms with van der Waals surface area (Å²) in [6, 6.07) is 12.2. The summed E-state index contributed by atoms with van der Waals surface area (Å²) in [7, 11) is 0. The highest BCUT2D eigenvalue weighted by molar-refractivity contribution is 6.00. The van der Waals surface area contributed by atoms with Gasteiger partial charge in [-0.05, 0) is 80.6 Å². The van der Waals surface area contributed by atoms with Crippen LogP contribution >= 0.6 is 0 Å². The van der Waals surface area contributed by atoms with Gasteiger partial charge in [-0.15, -0.1) is 0 Å². The van der Waals surface area contributed by atoms with Gasteiger partial charge in [-0.1, -0.05) is 31.4 Å². The number of benzene rings is 1. The first-order chi connectivity index (χ1) is 19.4. The molecule has 1 aliphatic rings. The number of halogens is 1. The Morgan fingerprint density at radius 2 is 1.93 bits per heavy atom. The Kier molecular flexibility index (Phi) is 12.0. The number of unbranched alkanes of at least 4 members (excludes halogenated alkanes) is 1. The number of anilines is 2. The van der Waals surface area contributed by atoms with Crippen molar-refractivity contribution in [2.75, 3.05) is 30.3 Å². The van der Waals surface area contributed by atoms with Gasteiger partial charge in [0.25, 0.3) is 6.47 Å². The van der Waals surface area contributed by atoms with Crippen molar-refractivity contribution in [2.45, 2.75) is 45.1 Å². The van der Waals surface area contributed by atoms with E-state index < -0.39 is 12.0 Å². The molecule has 1 fully saturated rings. The van der Waals surface area contributed by atoms with E-state index in [1.165, 1.54) is 44.0 Å². The Labute approximate surface area is 233 Å². The van der Waals surface area contributed by atoms with Gasteiger partial charge in [-0.2, -0.15) is 4.39 Å². The monoisotopic (exact) mass is 547 g/mol. The lowest BCUT2D eigenvalue weighted by Gasteiger charge is -2.32. The summed E-state index contributed by atoms with van der Waals surface area (Å²) in [6.07, 6.45) is 7.58. The van der Waals surface area contributed by atoms with Gasteiger partial charge in [-0.3, -0.25) is 4.79 Å². The first-order valence-electron chi connectivity index (χ1n) is 13.2. The number of urea groups is 1. The Morgan fingerprint density at radius 1 is 1.15 bits per heavy atom. The third kappa shape index (κ3) is 9.45. The molecule has 2 aromatic heterocycles. The number of aliphatic hydroxyl groups is 1. The number of nitrogens with zero attached hydrogens (tertiary/aromatic N) is 3. The van der Waals surface area contributed by atoms with E-state index in [4.69, 9.17) is 9.90 Å². The molecule has 3 aromatic rings. The number of piperidine rings is 1. The van der Waals surface area contributed by atoms with E-state index in [2.05, 4.69) is 62.5 Å². The van der Waals surface area contributed by atoms with Crippen LogP contribution in [-0.2, 0) is 11.4 Å². The third-order valence-corrected chi connectivity index (χ3v) is 6.50. The number of rotatable bonds is 7. The fourth-order valence-corrected chi connectivity index (χ4v) is 4.44. The standard InChI is InChI=1S/C29H32FN5O2.CH2O2/c1-2-3-13-35-14-10-22(11-15-35)23-6-4-5-21(16-23)7-8-25-17-26(9-12-31-25)33-29(37)34-27-18-28(30)32-19-24(27)20-36;2-1-3/h4-6,9,12,16-19,22,36H,2-3,10-11,13-15,20H2,1H3,(H2,31,32,33,34,37);1H,(H,2,3).